The Morgan fingerprint density at radius 1 is 0.905 bits per heavy atom. The number of carbonyl (C=O) groups excluding carboxylic acids is 2. The molecule has 0 bridgehead atoms. The van der Waals surface area contributed by atoms with Crippen LogP contribution in [0, 0.1) is 6.92 Å². The molecule has 2 rings (SSSR count). The van der Waals surface area contributed by atoms with Gasteiger partial charge in [0.2, 0.25) is 0 Å². The molecule has 0 saturated heterocycles. The molecule has 4 heteroatoms. The Morgan fingerprint density at radius 2 is 1.43 bits per heavy atom. The van der Waals surface area contributed by atoms with Gasteiger partial charge in [0.05, 0.1) is 11.6 Å². The highest BCUT2D eigenvalue weighted by Gasteiger charge is 2.07. The van der Waals surface area contributed by atoms with Gasteiger partial charge < -0.3 is 0 Å². The average molecular weight is 319 g/mol. The van der Waals surface area contributed by atoms with Crippen molar-refractivity contribution >= 4 is 34.9 Å². The Labute approximate surface area is 133 Å². The van der Waals surface area contributed by atoms with Gasteiger partial charge >= 0.3 is 0 Å². The number of thioether (sulfide) groups is 1. The number of ketones is 2. The van der Waals surface area contributed by atoms with Gasteiger partial charge in [-0.25, -0.2) is 0 Å². The SMILES string of the molecule is Cc1ccc(C(=O)CSc2ccc(C(=O)CCl)cc2)cc1. The summed E-state index contributed by atoms with van der Waals surface area (Å²) in [6, 6.07) is 14.7. The van der Waals surface area contributed by atoms with E-state index in [1.807, 2.05) is 43.3 Å². The van der Waals surface area contributed by atoms with Gasteiger partial charge in [-0.15, -0.1) is 23.4 Å². The molecule has 0 unspecified atom stereocenters. The zero-order valence-electron chi connectivity index (χ0n) is 11.6. The quantitative estimate of drug-likeness (QED) is 0.450. The number of benzene rings is 2. The summed E-state index contributed by atoms with van der Waals surface area (Å²) >= 11 is 6.97. The fourth-order valence-electron chi connectivity index (χ4n) is 1.79. The van der Waals surface area contributed by atoms with Gasteiger partial charge in [0.25, 0.3) is 0 Å². The van der Waals surface area contributed by atoms with Crippen LogP contribution >= 0.6 is 23.4 Å². The molecule has 0 fully saturated rings. The molecule has 21 heavy (non-hydrogen) atoms. The van der Waals surface area contributed by atoms with E-state index in [0.29, 0.717) is 11.3 Å². The highest BCUT2D eigenvalue weighted by molar-refractivity contribution is 8.00. The first-order chi connectivity index (χ1) is 10.1. The summed E-state index contributed by atoms with van der Waals surface area (Å²) < 4.78 is 0. The van der Waals surface area contributed by atoms with Crippen LogP contribution in [0.1, 0.15) is 26.3 Å². The maximum absolute atomic E-state index is 12.1. The van der Waals surface area contributed by atoms with Crippen molar-refractivity contribution in [1.29, 1.82) is 0 Å². The zero-order valence-corrected chi connectivity index (χ0v) is 13.2. The second-order valence-corrected chi connectivity index (χ2v) is 5.98. The summed E-state index contributed by atoms with van der Waals surface area (Å²) in [6.07, 6.45) is 0. The lowest BCUT2D eigenvalue weighted by molar-refractivity contribution is 0.101. The van der Waals surface area contributed by atoms with Crippen molar-refractivity contribution in [2.45, 2.75) is 11.8 Å². The van der Waals surface area contributed by atoms with E-state index in [1.165, 1.54) is 11.8 Å². The third-order valence-electron chi connectivity index (χ3n) is 3.04. The summed E-state index contributed by atoms with van der Waals surface area (Å²) in [5, 5.41) is 0. The predicted octanol–water partition coefficient (Wildman–Crippen LogP) is 4.39. The standard InChI is InChI=1S/C17H15ClO2S/c1-12-2-4-14(5-3-12)17(20)11-21-15-8-6-13(7-9-15)16(19)10-18/h2-9H,10-11H2,1H3. The second kappa shape index (κ2) is 7.43. The van der Waals surface area contributed by atoms with Crippen LogP contribution < -0.4 is 0 Å². The van der Waals surface area contributed by atoms with E-state index in [-0.39, 0.29) is 17.4 Å². The average Bonchev–Trinajstić information content (AvgIpc) is 2.53. The first-order valence-electron chi connectivity index (χ1n) is 6.52. The molecular formula is C17H15ClO2S. The number of halogens is 1. The molecule has 0 saturated carbocycles. The Morgan fingerprint density at radius 3 is 2.00 bits per heavy atom. The Hall–Kier alpha value is -1.58. The topological polar surface area (TPSA) is 34.1 Å². The Bertz CT molecular complexity index is 633. The van der Waals surface area contributed by atoms with Gasteiger partial charge in [0.15, 0.2) is 11.6 Å². The molecule has 2 aromatic rings. The summed E-state index contributed by atoms with van der Waals surface area (Å²) in [5.41, 5.74) is 2.46. The third kappa shape index (κ3) is 4.45. The van der Waals surface area contributed by atoms with Crippen molar-refractivity contribution in [3.05, 3.63) is 65.2 Å². The molecule has 0 radical (unpaired) electrons. The minimum Gasteiger partial charge on any atom is -0.293 e. The molecule has 0 heterocycles. The first kappa shape index (κ1) is 15.8. The minimum absolute atomic E-state index is 0.0155. The van der Waals surface area contributed by atoms with E-state index >= 15 is 0 Å². The largest absolute Gasteiger partial charge is 0.293 e. The van der Waals surface area contributed by atoms with Crippen molar-refractivity contribution in [3.63, 3.8) is 0 Å². The summed E-state index contributed by atoms with van der Waals surface area (Å²) in [5.74, 6) is 0.370. The van der Waals surface area contributed by atoms with Crippen molar-refractivity contribution in [1.82, 2.24) is 0 Å². The van der Waals surface area contributed by atoms with Crippen molar-refractivity contribution < 1.29 is 9.59 Å². The van der Waals surface area contributed by atoms with E-state index in [4.69, 9.17) is 11.6 Å². The van der Waals surface area contributed by atoms with Gasteiger partial charge in [-0.3, -0.25) is 9.59 Å². The Balaban J connectivity index is 1.95. The van der Waals surface area contributed by atoms with Crippen LogP contribution in [0.4, 0.5) is 0 Å². The van der Waals surface area contributed by atoms with E-state index < -0.39 is 0 Å². The number of alkyl halides is 1. The fourth-order valence-corrected chi connectivity index (χ4v) is 2.73. The number of carbonyl (C=O) groups is 2. The number of Topliss-reactive ketones (excluding diaryl/α,β-unsaturated/α-hetero) is 2. The molecule has 2 nitrogen and oxygen atoms in total. The normalized spacial score (nSPS) is 10.4. The molecule has 0 aliphatic carbocycles. The third-order valence-corrected chi connectivity index (χ3v) is 4.30. The first-order valence-corrected chi connectivity index (χ1v) is 8.04. The molecule has 2 aromatic carbocycles. The van der Waals surface area contributed by atoms with Crippen LogP contribution in [0.25, 0.3) is 0 Å². The lowest BCUT2D eigenvalue weighted by atomic mass is 10.1. The van der Waals surface area contributed by atoms with Crippen LogP contribution in [0.15, 0.2) is 53.4 Å². The number of hydrogen-bond donors (Lipinski definition) is 0. The van der Waals surface area contributed by atoms with Crippen LogP contribution in [0.2, 0.25) is 0 Å². The highest BCUT2D eigenvalue weighted by Crippen LogP contribution is 2.20. The molecule has 0 aliphatic rings. The maximum Gasteiger partial charge on any atom is 0.177 e. The smallest absolute Gasteiger partial charge is 0.177 e. The highest BCUT2D eigenvalue weighted by atomic mass is 35.5. The van der Waals surface area contributed by atoms with Gasteiger partial charge in [-0.05, 0) is 19.1 Å². The number of aryl methyl sites for hydroxylation is 1. The molecule has 108 valence electrons. The molecule has 0 atom stereocenters. The van der Waals surface area contributed by atoms with E-state index in [1.54, 1.807) is 12.1 Å². The summed E-state index contributed by atoms with van der Waals surface area (Å²) in [7, 11) is 0. The Kier molecular flexibility index (Phi) is 5.59. The van der Waals surface area contributed by atoms with Crippen molar-refractivity contribution in [3.8, 4) is 0 Å². The molecule has 0 amide bonds. The maximum atomic E-state index is 12.1. The lowest BCUT2D eigenvalue weighted by Gasteiger charge is -2.03. The van der Waals surface area contributed by atoms with E-state index in [0.717, 1.165) is 16.0 Å². The molecule has 0 aromatic heterocycles. The monoisotopic (exact) mass is 318 g/mol. The van der Waals surface area contributed by atoms with E-state index in [9.17, 15) is 9.59 Å². The molecule has 0 spiro atoms. The summed E-state index contributed by atoms with van der Waals surface area (Å²) in [4.78, 5) is 24.4. The molecular weight excluding hydrogens is 304 g/mol. The van der Waals surface area contributed by atoms with Gasteiger partial charge in [0, 0.05) is 16.0 Å². The van der Waals surface area contributed by atoms with Crippen LogP contribution in [-0.2, 0) is 0 Å². The number of rotatable bonds is 6. The van der Waals surface area contributed by atoms with Crippen molar-refractivity contribution in [2.24, 2.45) is 0 Å². The van der Waals surface area contributed by atoms with Gasteiger partial charge in [0.1, 0.15) is 0 Å². The molecule has 0 N–H and O–H groups in total. The van der Waals surface area contributed by atoms with Crippen LogP contribution in [0.3, 0.4) is 0 Å². The van der Waals surface area contributed by atoms with Gasteiger partial charge in [-0.1, -0.05) is 42.0 Å². The lowest BCUT2D eigenvalue weighted by Crippen LogP contribution is -2.02. The minimum atomic E-state index is -0.0936. The second-order valence-electron chi connectivity index (χ2n) is 4.66. The molecule has 0 aliphatic heterocycles. The van der Waals surface area contributed by atoms with Crippen LogP contribution in [0.5, 0.6) is 0 Å². The predicted molar refractivity (Wildman–Crippen MR) is 87.7 cm³/mol. The zero-order chi connectivity index (χ0) is 15.2. The number of hydrogen-bond acceptors (Lipinski definition) is 3. The fraction of sp³-hybridized carbons (Fsp3) is 0.176. The van der Waals surface area contributed by atoms with E-state index in [2.05, 4.69) is 0 Å². The summed E-state index contributed by atoms with van der Waals surface area (Å²) in [6.45, 7) is 1.99. The van der Waals surface area contributed by atoms with Crippen LogP contribution in [-0.4, -0.2) is 23.2 Å². The van der Waals surface area contributed by atoms with Crippen molar-refractivity contribution in [2.75, 3.05) is 11.6 Å². The van der Waals surface area contributed by atoms with Gasteiger partial charge in [-0.2, -0.15) is 0 Å².